The fourth-order valence-corrected chi connectivity index (χ4v) is 3.60. The molecule has 0 spiro atoms. The number of hydrogen-bond donors (Lipinski definition) is 3. The highest BCUT2D eigenvalue weighted by Crippen LogP contribution is 2.27. The van der Waals surface area contributed by atoms with E-state index in [0.717, 1.165) is 10.6 Å². The van der Waals surface area contributed by atoms with Crippen LogP contribution in [0, 0.1) is 30.1 Å². The van der Waals surface area contributed by atoms with Gasteiger partial charge in [-0.2, -0.15) is 0 Å². The van der Waals surface area contributed by atoms with Gasteiger partial charge >= 0.3 is 0 Å². The van der Waals surface area contributed by atoms with Crippen molar-refractivity contribution in [2.75, 3.05) is 25.0 Å². The maximum absolute atomic E-state index is 13.3. The number of aryl methyl sites for hydroxylation is 1. The lowest BCUT2D eigenvalue weighted by atomic mass is 9.97. The van der Waals surface area contributed by atoms with Crippen molar-refractivity contribution in [3.63, 3.8) is 0 Å². The van der Waals surface area contributed by atoms with E-state index in [1.54, 1.807) is 25.3 Å². The number of imide groups is 1. The van der Waals surface area contributed by atoms with Gasteiger partial charge in [-0.15, -0.1) is 0 Å². The minimum atomic E-state index is -1.07. The Morgan fingerprint density at radius 3 is 2.53 bits per heavy atom. The average molecular weight is 494 g/mol. The topological polar surface area (TPSA) is 123 Å². The van der Waals surface area contributed by atoms with Crippen LogP contribution in [0.4, 0.5) is 5.69 Å². The fourth-order valence-electron chi connectivity index (χ4n) is 3.60. The monoisotopic (exact) mass is 493 g/mol. The van der Waals surface area contributed by atoms with Gasteiger partial charge in [0.1, 0.15) is 12.3 Å². The van der Waals surface area contributed by atoms with Gasteiger partial charge in [-0.05, 0) is 51.8 Å². The number of rotatable bonds is 10. The van der Waals surface area contributed by atoms with Crippen LogP contribution in [0.5, 0.6) is 0 Å². The van der Waals surface area contributed by atoms with Gasteiger partial charge < -0.3 is 25.7 Å². The molecule has 0 bridgehead atoms. The van der Waals surface area contributed by atoms with Gasteiger partial charge in [-0.3, -0.25) is 19.3 Å². The van der Waals surface area contributed by atoms with Crippen LogP contribution in [0.1, 0.15) is 49.5 Å². The molecule has 0 saturated carbocycles. The molecule has 36 heavy (non-hydrogen) atoms. The number of aldehydes is 1. The van der Waals surface area contributed by atoms with Crippen LogP contribution >= 0.6 is 0 Å². The van der Waals surface area contributed by atoms with E-state index in [1.165, 1.54) is 13.3 Å². The largest absolute Gasteiger partial charge is 0.385 e. The Kier molecular flexibility index (Phi) is 9.97. The maximum Gasteiger partial charge on any atom is 0.261 e. The molecular formula is C27H35N5O4. The molecule has 9 nitrogen and oxygen atoms in total. The lowest BCUT2D eigenvalue weighted by molar-refractivity contribution is -0.131. The Hall–Kier alpha value is -3.93. The summed E-state index contributed by atoms with van der Waals surface area (Å²) in [6, 6.07) is 4.36. The lowest BCUT2D eigenvalue weighted by Gasteiger charge is -2.38. The Morgan fingerprint density at radius 2 is 1.97 bits per heavy atom. The van der Waals surface area contributed by atoms with Gasteiger partial charge in [-0.1, -0.05) is 17.9 Å². The fraction of sp³-hybridized carbons (Fsp3) is 0.444. The second-order valence-electron chi connectivity index (χ2n) is 9.70. The first-order valence-corrected chi connectivity index (χ1v) is 11.8. The van der Waals surface area contributed by atoms with Crippen LogP contribution in [-0.2, 0) is 14.4 Å². The Morgan fingerprint density at radius 1 is 1.28 bits per heavy atom. The molecule has 1 aliphatic rings. The van der Waals surface area contributed by atoms with Gasteiger partial charge in [0.05, 0.1) is 11.5 Å². The van der Waals surface area contributed by atoms with Crippen LogP contribution in [-0.4, -0.2) is 67.3 Å². The zero-order chi connectivity index (χ0) is 26.9. The minimum absolute atomic E-state index is 0.0477. The van der Waals surface area contributed by atoms with Crippen LogP contribution < -0.4 is 15.5 Å². The van der Waals surface area contributed by atoms with Crippen molar-refractivity contribution in [1.82, 2.24) is 15.5 Å². The number of allylic oxidation sites excluding steroid dienone is 1. The summed E-state index contributed by atoms with van der Waals surface area (Å²) in [5.74, 6) is 5.25. The van der Waals surface area contributed by atoms with Gasteiger partial charge in [0.2, 0.25) is 12.3 Å². The number of carbonyl (C=O) groups is 4. The second kappa shape index (κ2) is 12.7. The van der Waals surface area contributed by atoms with Crippen molar-refractivity contribution < 1.29 is 19.2 Å². The highest BCUT2D eigenvalue weighted by atomic mass is 16.2. The van der Waals surface area contributed by atoms with E-state index in [-0.39, 0.29) is 24.3 Å². The van der Waals surface area contributed by atoms with E-state index in [2.05, 4.69) is 27.4 Å². The van der Waals surface area contributed by atoms with Crippen LogP contribution in [0.15, 0.2) is 30.0 Å². The molecule has 2 rings (SSSR count). The smallest absolute Gasteiger partial charge is 0.261 e. The molecular weight excluding hydrogens is 458 g/mol. The number of amides is 3. The minimum Gasteiger partial charge on any atom is -0.385 e. The highest BCUT2D eigenvalue weighted by Gasteiger charge is 2.31. The lowest BCUT2D eigenvalue weighted by Crippen LogP contribution is -2.48. The summed E-state index contributed by atoms with van der Waals surface area (Å²) in [7, 11) is 1.42. The van der Waals surface area contributed by atoms with Gasteiger partial charge in [0.15, 0.2) is 0 Å². The third-order valence-electron chi connectivity index (χ3n) is 5.73. The van der Waals surface area contributed by atoms with Crippen molar-refractivity contribution >= 4 is 36.4 Å². The molecule has 0 radical (unpaired) electrons. The number of carbonyl (C=O) groups excluding carboxylic acids is 4. The summed E-state index contributed by atoms with van der Waals surface area (Å²) in [5.41, 5.74) is 2.29. The number of anilines is 1. The van der Waals surface area contributed by atoms with Gasteiger partial charge in [0, 0.05) is 55.8 Å². The van der Waals surface area contributed by atoms with E-state index in [0.29, 0.717) is 42.5 Å². The first-order chi connectivity index (χ1) is 17.0. The summed E-state index contributed by atoms with van der Waals surface area (Å²) in [6.07, 6.45) is 4.06. The van der Waals surface area contributed by atoms with E-state index in [1.807, 2.05) is 26.8 Å². The summed E-state index contributed by atoms with van der Waals surface area (Å²) in [4.78, 5) is 51.1. The quantitative estimate of drug-likeness (QED) is 0.260. The van der Waals surface area contributed by atoms with Crippen LogP contribution in [0.25, 0.3) is 0 Å². The Labute approximate surface area is 212 Å². The van der Waals surface area contributed by atoms with Crippen molar-refractivity contribution in [1.29, 1.82) is 5.41 Å². The normalized spacial score (nSPS) is 14.5. The highest BCUT2D eigenvalue weighted by molar-refractivity contribution is 6.04. The molecule has 1 aliphatic heterocycles. The zero-order valence-electron chi connectivity index (χ0n) is 21.6. The van der Waals surface area contributed by atoms with Crippen molar-refractivity contribution in [2.24, 2.45) is 5.92 Å². The van der Waals surface area contributed by atoms with E-state index in [4.69, 9.17) is 5.41 Å². The molecule has 0 aliphatic carbocycles. The van der Waals surface area contributed by atoms with Crippen LogP contribution in [0.3, 0.4) is 0 Å². The van der Waals surface area contributed by atoms with Crippen molar-refractivity contribution in [3.05, 3.63) is 41.1 Å². The standard InChI is InChI=1S/C27H35N5O4/c1-19-8-11-22(31-16-21(17-31)10-9-20(14-28)15-30-27(2,3)4)13-23(19)26(36)32(18-34)24(7-6-12-33)25(35)29-5/h8,11-15,18,21,24,28,30H,6-7,16-17H2,1-5H3,(H,29,35)/b20-15-,28-14?. The molecule has 1 aromatic rings. The number of likely N-dealkylation sites (N-methyl/N-ethyl adjacent to an activating group) is 1. The molecule has 192 valence electrons. The second-order valence-corrected chi connectivity index (χ2v) is 9.70. The number of nitrogens with one attached hydrogen (secondary N) is 3. The zero-order valence-corrected chi connectivity index (χ0v) is 21.6. The first kappa shape index (κ1) is 28.3. The third-order valence-corrected chi connectivity index (χ3v) is 5.73. The molecule has 1 aromatic carbocycles. The van der Waals surface area contributed by atoms with E-state index < -0.39 is 17.9 Å². The molecule has 1 unspecified atom stereocenters. The Balaban J connectivity index is 2.16. The maximum atomic E-state index is 13.3. The molecule has 1 atom stereocenters. The van der Waals surface area contributed by atoms with Crippen molar-refractivity contribution in [2.45, 2.75) is 52.1 Å². The number of benzene rings is 1. The Bertz CT molecular complexity index is 1090. The summed E-state index contributed by atoms with van der Waals surface area (Å²) in [6.45, 7) is 9.18. The molecule has 1 saturated heterocycles. The first-order valence-electron chi connectivity index (χ1n) is 11.8. The van der Waals surface area contributed by atoms with Crippen LogP contribution in [0.2, 0.25) is 0 Å². The summed E-state index contributed by atoms with van der Waals surface area (Å²) >= 11 is 0. The molecule has 1 fully saturated rings. The number of nitrogens with zero attached hydrogens (tertiary/aromatic N) is 2. The van der Waals surface area contributed by atoms with Gasteiger partial charge in [-0.25, -0.2) is 0 Å². The van der Waals surface area contributed by atoms with E-state index >= 15 is 0 Å². The van der Waals surface area contributed by atoms with Crippen molar-refractivity contribution in [3.8, 4) is 11.8 Å². The molecule has 0 aromatic heterocycles. The van der Waals surface area contributed by atoms with Gasteiger partial charge in [0.25, 0.3) is 5.91 Å². The molecule has 9 heteroatoms. The molecule has 1 heterocycles. The average Bonchev–Trinajstić information content (AvgIpc) is 2.81. The molecule has 3 amide bonds. The number of hydrogen-bond acceptors (Lipinski definition) is 7. The third kappa shape index (κ3) is 7.54. The summed E-state index contributed by atoms with van der Waals surface area (Å²) < 4.78 is 0. The predicted molar refractivity (Wildman–Crippen MR) is 140 cm³/mol. The van der Waals surface area contributed by atoms with E-state index in [9.17, 15) is 19.2 Å². The SMILES string of the molecule is CNC(=O)C(CCC=O)N(C=O)C(=O)c1cc(N2CC(C#C/C(C=N)=C/NC(C)(C)C)C2)ccc1C. The predicted octanol–water partition coefficient (Wildman–Crippen LogP) is 2.05. The summed E-state index contributed by atoms with van der Waals surface area (Å²) in [5, 5.41) is 13.2. The molecule has 3 N–H and O–H groups in total.